The van der Waals surface area contributed by atoms with Crippen LogP contribution in [0.3, 0.4) is 0 Å². The lowest BCUT2D eigenvalue weighted by molar-refractivity contribution is 0.232. The van der Waals surface area contributed by atoms with E-state index in [1.807, 2.05) is 31.7 Å². The maximum Gasteiger partial charge on any atom is 0.218 e. The van der Waals surface area contributed by atoms with E-state index in [2.05, 4.69) is 22.2 Å². The molecule has 0 spiro atoms. The second-order valence-electron chi connectivity index (χ2n) is 5.16. The van der Waals surface area contributed by atoms with Crippen LogP contribution < -0.4 is 10.1 Å². The highest BCUT2D eigenvalue weighted by Crippen LogP contribution is 2.37. The van der Waals surface area contributed by atoms with Gasteiger partial charge in [0, 0.05) is 17.4 Å². The lowest BCUT2D eigenvalue weighted by Crippen LogP contribution is -2.27. The molecule has 0 amide bonds. The van der Waals surface area contributed by atoms with Crippen LogP contribution in [0.5, 0.6) is 5.88 Å². The largest absolute Gasteiger partial charge is 0.475 e. The second kappa shape index (κ2) is 5.78. The van der Waals surface area contributed by atoms with Crippen LogP contribution in [0.25, 0.3) is 0 Å². The van der Waals surface area contributed by atoms with Gasteiger partial charge in [-0.15, -0.1) is 0 Å². The van der Waals surface area contributed by atoms with E-state index in [9.17, 15) is 0 Å². The van der Waals surface area contributed by atoms with Crippen LogP contribution in [0, 0.1) is 0 Å². The normalized spacial score (nSPS) is 23.3. The zero-order valence-electron chi connectivity index (χ0n) is 11.3. The van der Waals surface area contributed by atoms with Crippen LogP contribution in [0.4, 0.5) is 5.82 Å². The third-order valence-corrected chi connectivity index (χ3v) is 4.48. The fourth-order valence-electron chi connectivity index (χ4n) is 2.00. The Labute approximate surface area is 113 Å². The van der Waals surface area contributed by atoms with E-state index < -0.39 is 0 Å². The number of ether oxygens (including phenoxy) is 1. The number of nitrogens with one attached hydrogen (secondary N) is 1. The van der Waals surface area contributed by atoms with Gasteiger partial charge in [0.15, 0.2) is 0 Å². The molecule has 1 aliphatic heterocycles. The summed E-state index contributed by atoms with van der Waals surface area (Å²) in [5.74, 6) is 2.74. The fraction of sp³-hybridized carbons (Fsp3) is 0.692. The first kappa shape index (κ1) is 13.5. The summed E-state index contributed by atoms with van der Waals surface area (Å²) in [6.07, 6.45) is 4.26. The molecule has 0 aliphatic carbocycles. The van der Waals surface area contributed by atoms with Crippen molar-refractivity contribution in [1.82, 2.24) is 9.97 Å². The van der Waals surface area contributed by atoms with E-state index in [4.69, 9.17) is 4.74 Å². The summed E-state index contributed by atoms with van der Waals surface area (Å²) in [6, 6.07) is 1.86. The van der Waals surface area contributed by atoms with Crippen LogP contribution in [0.1, 0.15) is 33.6 Å². The maximum absolute atomic E-state index is 5.56. The minimum Gasteiger partial charge on any atom is -0.475 e. The van der Waals surface area contributed by atoms with E-state index >= 15 is 0 Å². The number of thioether (sulfide) groups is 1. The lowest BCUT2D eigenvalue weighted by atomic mass is 10.1. The van der Waals surface area contributed by atoms with Crippen LogP contribution in [-0.4, -0.2) is 33.1 Å². The average molecular weight is 267 g/mol. The molecule has 100 valence electrons. The van der Waals surface area contributed by atoms with Crippen LogP contribution in [0.2, 0.25) is 0 Å². The Morgan fingerprint density at radius 2 is 2.33 bits per heavy atom. The minimum atomic E-state index is 0.135. The number of aromatic nitrogens is 2. The van der Waals surface area contributed by atoms with Gasteiger partial charge < -0.3 is 10.1 Å². The van der Waals surface area contributed by atoms with Gasteiger partial charge in [0.25, 0.3) is 0 Å². The molecule has 0 radical (unpaired) electrons. The zero-order chi connectivity index (χ0) is 13.0. The average Bonchev–Trinajstić information content (AvgIpc) is 2.74. The third kappa shape index (κ3) is 3.77. The highest BCUT2D eigenvalue weighted by atomic mass is 32.2. The van der Waals surface area contributed by atoms with Gasteiger partial charge in [-0.05, 0) is 39.4 Å². The summed E-state index contributed by atoms with van der Waals surface area (Å²) in [6.45, 7) is 7.23. The first-order valence-electron chi connectivity index (χ1n) is 6.44. The molecular weight excluding hydrogens is 246 g/mol. The monoisotopic (exact) mass is 267 g/mol. The van der Waals surface area contributed by atoms with Crippen molar-refractivity contribution in [2.75, 3.05) is 17.6 Å². The molecule has 1 N–H and O–H groups in total. The number of anilines is 1. The quantitative estimate of drug-likeness (QED) is 0.888. The van der Waals surface area contributed by atoms with Crippen molar-refractivity contribution < 1.29 is 4.74 Å². The Hall–Kier alpha value is -0.970. The van der Waals surface area contributed by atoms with Crippen LogP contribution >= 0.6 is 11.8 Å². The lowest BCUT2D eigenvalue weighted by Gasteiger charge is -2.23. The van der Waals surface area contributed by atoms with Gasteiger partial charge in [0.05, 0.1) is 6.10 Å². The van der Waals surface area contributed by atoms with Crippen LogP contribution in [0.15, 0.2) is 12.4 Å². The Morgan fingerprint density at radius 1 is 1.50 bits per heavy atom. The summed E-state index contributed by atoms with van der Waals surface area (Å²) in [5, 5.41) is 3.39. The van der Waals surface area contributed by atoms with Crippen LogP contribution in [-0.2, 0) is 0 Å². The zero-order valence-corrected chi connectivity index (χ0v) is 12.1. The molecule has 1 aliphatic rings. The molecule has 4 nitrogen and oxygen atoms in total. The van der Waals surface area contributed by atoms with Gasteiger partial charge >= 0.3 is 0 Å². The SMILES string of the molecule is CC(C)Oc1cc(NCC2(C)CCCS2)ncn1. The molecule has 0 bridgehead atoms. The van der Waals surface area contributed by atoms with E-state index in [-0.39, 0.29) is 6.10 Å². The Kier molecular flexibility index (Phi) is 4.32. The molecule has 1 aromatic rings. The van der Waals surface area contributed by atoms with Crippen molar-refractivity contribution in [3.05, 3.63) is 12.4 Å². The Bertz CT molecular complexity index is 392. The smallest absolute Gasteiger partial charge is 0.218 e. The van der Waals surface area contributed by atoms with Crippen molar-refractivity contribution in [3.63, 3.8) is 0 Å². The van der Waals surface area contributed by atoms with Gasteiger partial charge in [-0.25, -0.2) is 9.97 Å². The highest BCUT2D eigenvalue weighted by molar-refractivity contribution is 8.00. The first-order chi connectivity index (χ1) is 8.57. The van der Waals surface area contributed by atoms with Crippen molar-refractivity contribution in [2.45, 2.75) is 44.5 Å². The topological polar surface area (TPSA) is 47.0 Å². The Balaban J connectivity index is 1.92. The van der Waals surface area contributed by atoms with Crippen molar-refractivity contribution in [3.8, 4) is 5.88 Å². The van der Waals surface area contributed by atoms with Crippen molar-refractivity contribution in [2.24, 2.45) is 0 Å². The van der Waals surface area contributed by atoms with Gasteiger partial charge in [-0.1, -0.05) is 0 Å². The summed E-state index contributed by atoms with van der Waals surface area (Å²) in [5.41, 5.74) is 0. The standard InChI is InChI=1S/C13H21N3OS/c1-10(2)17-12-7-11(15-9-16-12)14-8-13(3)5-4-6-18-13/h7,9-10H,4-6,8H2,1-3H3,(H,14,15,16). The molecule has 0 saturated carbocycles. The predicted molar refractivity (Wildman–Crippen MR) is 76.4 cm³/mol. The second-order valence-corrected chi connectivity index (χ2v) is 6.85. The highest BCUT2D eigenvalue weighted by Gasteiger charge is 2.29. The van der Waals surface area contributed by atoms with Gasteiger partial charge in [0.1, 0.15) is 12.1 Å². The number of rotatable bonds is 5. The molecule has 1 atom stereocenters. The van der Waals surface area contributed by atoms with Gasteiger partial charge in [-0.3, -0.25) is 0 Å². The summed E-state index contributed by atoms with van der Waals surface area (Å²) in [7, 11) is 0. The third-order valence-electron chi connectivity index (χ3n) is 2.94. The molecule has 2 rings (SSSR count). The van der Waals surface area contributed by atoms with E-state index in [1.54, 1.807) is 6.33 Å². The molecule has 0 aromatic carbocycles. The minimum absolute atomic E-state index is 0.135. The Morgan fingerprint density at radius 3 is 3.00 bits per heavy atom. The summed E-state index contributed by atoms with van der Waals surface area (Å²) >= 11 is 2.04. The molecule has 1 fully saturated rings. The number of hydrogen-bond donors (Lipinski definition) is 1. The van der Waals surface area contributed by atoms with Crippen molar-refractivity contribution >= 4 is 17.6 Å². The summed E-state index contributed by atoms with van der Waals surface area (Å²) in [4.78, 5) is 8.33. The molecule has 18 heavy (non-hydrogen) atoms. The molecule has 1 saturated heterocycles. The van der Waals surface area contributed by atoms with Gasteiger partial charge in [-0.2, -0.15) is 11.8 Å². The van der Waals surface area contributed by atoms with Gasteiger partial charge in [0.2, 0.25) is 5.88 Å². The number of nitrogens with zero attached hydrogens (tertiary/aromatic N) is 2. The predicted octanol–water partition coefficient (Wildman–Crippen LogP) is 2.96. The molecule has 5 heteroatoms. The van der Waals surface area contributed by atoms with Crippen molar-refractivity contribution in [1.29, 1.82) is 0 Å². The molecule has 1 aromatic heterocycles. The van der Waals surface area contributed by atoms with E-state index in [1.165, 1.54) is 18.6 Å². The van der Waals surface area contributed by atoms with E-state index in [0.29, 0.717) is 10.6 Å². The molecular formula is C13H21N3OS. The maximum atomic E-state index is 5.56. The summed E-state index contributed by atoms with van der Waals surface area (Å²) < 4.78 is 5.89. The first-order valence-corrected chi connectivity index (χ1v) is 7.42. The number of hydrogen-bond acceptors (Lipinski definition) is 5. The molecule has 2 heterocycles. The van der Waals surface area contributed by atoms with E-state index in [0.717, 1.165) is 12.4 Å². The fourth-order valence-corrected chi connectivity index (χ4v) is 3.24. The molecule has 1 unspecified atom stereocenters.